The molecule has 0 bridgehead atoms. The molecule has 2 atom stereocenters. The highest BCUT2D eigenvalue weighted by molar-refractivity contribution is 7.89. The van der Waals surface area contributed by atoms with Crippen molar-refractivity contribution in [3.8, 4) is 0 Å². The third-order valence-electron chi connectivity index (χ3n) is 5.99. The Morgan fingerprint density at radius 2 is 1.69 bits per heavy atom. The first-order valence-electron chi connectivity index (χ1n) is 10.9. The van der Waals surface area contributed by atoms with E-state index in [-0.39, 0.29) is 22.4 Å². The average molecular weight is 524 g/mol. The molecule has 0 spiro atoms. The Balaban J connectivity index is 1.82. The molecule has 188 valence electrons. The van der Waals surface area contributed by atoms with Gasteiger partial charge in [0.2, 0.25) is 10.0 Å². The number of anilines is 1. The summed E-state index contributed by atoms with van der Waals surface area (Å²) in [6, 6.07) is 11.3. The predicted octanol–water partition coefficient (Wildman–Crippen LogP) is 4.47. The molecule has 4 rings (SSSR count). The number of fused-ring (bicyclic) bond motifs is 2. The van der Waals surface area contributed by atoms with E-state index in [0.717, 1.165) is 6.42 Å². The SMILES string of the molecule is CC1CC(C)CN(S(=O)(=O)c2ccc3c(NOCOP(=O)(O)O)c4ccccc4c(N=O)c3c2)C1. The molecule has 1 saturated heterocycles. The number of nitrogens with one attached hydrogen (secondary N) is 1. The van der Waals surface area contributed by atoms with Crippen molar-refractivity contribution in [1.29, 1.82) is 0 Å². The van der Waals surface area contributed by atoms with Crippen molar-refractivity contribution in [3.63, 3.8) is 0 Å². The zero-order valence-electron chi connectivity index (χ0n) is 19.1. The first-order chi connectivity index (χ1) is 16.5. The van der Waals surface area contributed by atoms with E-state index < -0.39 is 24.6 Å². The van der Waals surface area contributed by atoms with Crippen LogP contribution in [0.1, 0.15) is 20.3 Å². The summed E-state index contributed by atoms with van der Waals surface area (Å²) in [4.78, 5) is 34.7. The number of hydrogen-bond acceptors (Lipinski definition) is 8. The normalized spacial score (nSPS) is 19.8. The molecular weight excluding hydrogens is 497 g/mol. The molecule has 3 aromatic rings. The summed E-state index contributed by atoms with van der Waals surface area (Å²) in [6.07, 6.45) is 0.954. The molecule has 2 unspecified atom stereocenters. The molecule has 3 aromatic carbocycles. The highest BCUT2D eigenvalue weighted by Gasteiger charge is 2.32. The van der Waals surface area contributed by atoms with E-state index in [1.807, 2.05) is 13.8 Å². The summed E-state index contributed by atoms with van der Waals surface area (Å²) in [6.45, 7) is 4.12. The van der Waals surface area contributed by atoms with Crippen molar-refractivity contribution in [2.24, 2.45) is 17.0 Å². The Morgan fingerprint density at radius 1 is 1.06 bits per heavy atom. The van der Waals surface area contributed by atoms with Gasteiger partial charge in [-0.25, -0.2) is 17.8 Å². The van der Waals surface area contributed by atoms with Crippen LogP contribution in [0.2, 0.25) is 0 Å². The van der Waals surface area contributed by atoms with Crippen LogP contribution in [0.4, 0.5) is 11.4 Å². The van der Waals surface area contributed by atoms with Crippen molar-refractivity contribution in [2.45, 2.75) is 25.2 Å². The van der Waals surface area contributed by atoms with Crippen LogP contribution < -0.4 is 5.48 Å². The predicted molar refractivity (Wildman–Crippen MR) is 131 cm³/mol. The van der Waals surface area contributed by atoms with Gasteiger partial charge in [0.1, 0.15) is 5.69 Å². The first-order valence-corrected chi connectivity index (χ1v) is 13.9. The molecule has 1 heterocycles. The van der Waals surface area contributed by atoms with Crippen molar-refractivity contribution in [1.82, 2.24) is 4.31 Å². The second kappa shape index (κ2) is 9.90. The van der Waals surface area contributed by atoms with E-state index in [9.17, 15) is 17.9 Å². The summed E-state index contributed by atoms with van der Waals surface area (Å²) >= 11 is 0. The smallest absolute Gasteiger partial charge is 0.303 e. The van der Waals surface area contributed by atoms with Crippen LogP contribution in [0.3, 0.4) is 0 Å². The quantitative estimate of drug-likeness (QED) is 0.0968. The molecule has 0 amide bonds. The number of hydrogen-bond donors (Lipinski definition) is 3. The third-order valence-corrected chi connectivity index (χ3v) is 8.25. The maximum Gasteiger partial charge on any atom is 0.471 e. The van der Waals surface area contributed by atoms with E-state index in [4.69, 9.17) is 14.6 Å². The Morgan fingerprint density at radius 3 is 2.31 bits per heavy atom. The van der Waals surface area contributed by atoms with Gasteiger partial charge in [-0.3, -0.25) is 10.0 Å². The third kappa shape index (κ3) is 5.39. The summed E-state index contributed by atoms with van der Waals surface area (Å²) < 4.78 is 43.6. The number of nitrogens with zero attached hydrogens (tertiary/aromatic N) is 2. The van der Waals surface area contributed by atoms with Crippen molar-refractivity contribution < 1.29 is 32.1 Å². The summed E-state index contributed by atoms with van der Waals surface area (Å²) in [5, 5.41) is 4.92. The monoisotopic (exact) mass is 523 g/mol. The van der Waals surface area contributed by atoms with Gasteiger partial charge in [-0.1, -0.05) is 44.2 Å². The van der Waals surface area contributed by atoms with E-state index in [1.54, 1.807) is 30.3 Å². The molecule has 0 aliphatic carbocycles. The lowest BCUT2D eigenvalue weighted by atomic mass is 9.94. The maximum atomic E-state index is 13.5. The number of piperidine rings is 1. The van der Waals surface area contributed by atoms with Gasteiger partial charge < -0.3 is 9.79 Å². The number of nitroso groups, excluding NO2 is 1. The lowest BCUT2D eigenvalue weighted by Gasteiger charge is -2.34. The number of phosphoric ester groups is 1. The summed E-state index contributed by atoms with van der Waals surface area (Å²) in [5.74, 6) is 0.460. The Hall–Kier alpha value is -2.44. The summed E-state index contributed by atoms with van der Waals surface area (Å²) in [7, 11) is -8.55. The number of rotatable bonds is 8. The van der Waals surface area contributed by atoms with Gasteiger partial charge in [-0.15, -0.1) is 4.91 Å². The average Bonchev–Trinajstić information content (AvgIpc) is 2.79. The fourth-order valence-electron chi connectivity index (χ4n) is 4.65. The fraction of sp³-hybridized carbons (Fsp3) is 0.364. The lowest BCUT2D eigenvalue weighted by molar-refractivity contribution is 0.0274. The minimum absolute atomic E-state index is 0.0446. The van der Waals surface area contributed by atoms with Crippen LogP contribution in [-0.2, 0) is 23.9 Å². The van der Waals surface area contributed by atoms with Crippen LogP contribution in [0.5, 0.6) is 0 Å². The van der Waals surface area contributed by atoms with Crippen molar-refractivity contribution in [2.75, 3.05) is 25.4 Å². The van der Waals surface area contributed by atoms with Crippen LogP contribution in [0.25, 0.3) is 21.5 Å². The number of sulfonamides is 1. The Kier molecular flexibility index (Phi) is 7.26. The molecule has 0 aromatic heterocycles. The molecule has 11 nitrogen and oxygen atoms in total. The minimum Gasteiger partial charge on any atom is -0.303 e. The van der Waals surface area contributed by atoms with E-state index in [0.29, 0.717) is 40.3 Å². The highest BCUT2D eigenvalue weighted by Crippen LogP contribution is 2.43. The van der Waals surface area contributed by atoms with Gasteiger partial charge in [0.05, 0.1) is 10.6 Å². The van der Waals surface area contributed by atoms with Gasteiger partial charge in [0.25, 0.3) is 0 Å². The number of benzene rings is 3. The Bertz CT molecular complexity index is 1420. The zero-order valence-corrected chi connectivity index (χ0v) is 20.8. The molecule has 3 N–H and O–H groups in total. The molecule has 1 fully saturated rings. The van der Waals surface area contributed by atoms with Gasteiger partial charge in [0.15, 0.2) is 6.79 Å². The fourth-order valence-corrected chi connectivity index (χ4v) is 6.55. The van der Waals surface area contributed by atoms with E-state index in [1.165, 1.54) is 16.4 Å². The molecule has 1 aliphatic rings. The maximum absolute atomic E-state index is 13.5. The van der Waals surface area contributed by atoms with E-state index >= 15 is 0 Å². The van der Waals surface area contributed by atoms with Gasteiger partial charge in [0, 0.05) is 34.6 Å². The second-order valence-corrected chi connectivity index (χ2v) is 12.0. The van der Waals surface area contributed by atoms with Crippen molar-refractivity contribution in [3.05, 3.63) is 47.4 Å². The van der Waals surface area contributed by atoms with Crippen LogP contribution in [0, 0.1) is 16.7 Å². The second-order valence-electron chi connectivity index (χ2n) is 8.82. The zero-order chi connectivity index (χ0) is 25.4. The van der Waals surface area contributed by atoms with E-state index in [2.05, 4.69) is 15.2 Å². The van der Waals surface area contributed by atoms with Crippen molar-refractivity contribution >= 4 is 50.8 Å². The van der Waals surface area contributed by atoms with Crippen LogP contribution >= 0.6 is 7.82 Å². The molecule has 0 saturated carbocycles. The molecule has 35 heavy (non-hydrogen) atoms. The Labute approximate surface area is 202 Å². The molecule has 0 radical (unpaired) electrons. The summed E-state index contributed by atoms with van der Waals surface area (Å²) in [5.41, 5.74) is 3.05. The number of phosphoric acid groups is 1. The van der Waals surface area contributed by atoms with Crippen LogP contribution in [-0.4, -0.2) is 42.4 Å². The highest BCUT2D eigenvalue weighted by atomic mass is 32.2. The molecular formula is C22H26N3O8PS. The largest absolute Gasteiger partial charge is 0.471 e. The standard InChI is InChI=1S/C22H26N3O8PS/c1-14-9-15(2)12-25(11-14)35(30,31)16-7-8-19-20(10-16)21(23-26)17-5-3-4-6-18(17)22(19)24-32-13-33-34(27,28)29/h3-8,10,14-15,24H,9,11-13H2,1-2H3,(H2,27,28,29). The topological polar surface area (TPSA) is 155 Å². The molecule has 13 heteroatoms. The van der Waals surface area contributed by atoms with Crippen LogP contribution in [0.15, 0.2) is 52.5 Å². The minimum atomic E-state index is -4.74. The first kappa shape index (κ1) is 25.6. The van der Waals surface area contributed by atoms with Gasteiger partial charge in [-0.05, 0) is 35.6 Å². The van der Waals surface area contributed by atoms with Gasteiger partial charge in [-0.2, -0.15) is 4.31 Å². The van der Waals surface area contributed by atoms with Gasteiger partial charge >= 0.3 is 7.82 Å². The lowest BCUT2D eigenvalue weighted by Crippen LogP contribution is -2.42. The molecule has 1 aliphatic heterocycles.